The fourth-order valence-electron chi connectivity index (χ4n) is 2.25. The van der Waals surface area contributed by atoms with Crippen LogP contribution in [0.1, 0.15) is 28.8 Å². The number of likely N-dealkylation sites (tertiary alicyclic amines) is 1. The quantitative estimate of drug-likeness (QED) is 0.678. The number of nitrogens with one attached hydrogen (secondary N) is 1. The van der Waals surface area contributed by atoms with E-state index in [0.717, 1.165) is 31.6 Å². The fraction of sp³-hybridized carbons (Fsp3) is 0.429. The predicted molar refractivity (Wildman–Crippen MR) is 79.5 cm³/mol. The second-order valence-electron chi connectivity index (χ2n) is 5.13. The molecule has 1 amide bonds. The van der Waals surface area contributed by atoms with E-state index in [9.17, 15) is 14.9 Å². The smallest absolute Gasteiger partial charge is 0.273 e. The summed E-state index contributed by atoms with van der Waals surface area (Å²) in [4.78, 5) is 24.7. The minimum absolute atomic E-state index is 0.0606. The Kier molecular flexibility index (Phi) is 4.64. The molecule has 112 valence electrons. The van der Waals surface area contributed by atoms with E-state index in [-0.39, 0.29) is 11.3 Å². The molecule has 0 aliphatic carbocycles. The molecule has 0 spiro atoms. The zero-order valence-electron chi connectivity index (χ0n) is 12.1. The summed E-state index contributed by atoms with van der Waals surface area (Å²) in [5.41, 5.74) is 4.02. The number of benzene rings is 1. The van der Waals surface area contributed by atoms with Gasteiger partial charge in [-0.3, -0.25) is 14.9 Å². The van der Waals surface area contributed by atoms with Gasteiger partial charge in [-0.05, 0) is 20.0 Å². The molecule has 0 radical (unpaired) electrons. The maximum absolute atomic E-state index is 12.1. The molecule has 21 heavy (non-hydrogen) atoms. The standard InChI is InChI=1S/C14H18N4O3/c1-10-12(4-3-5-13(10)18(20)21)14(19)16-15-11-6-8-17(2)9-7-11/h3-5H,6-9H2,1-2H3,(H,16,19). The summed E-state index contributed by atoms with van der Waals surface area (Å²) in [7, 11) is 2.04. The van der Waals surface area contributed by atoms with Gasteiger partial charge in [0.25, 0.3) is 11.6 Å². The largest absolute Gasteiger partial charge is 0.306 e. The monoisotopic (exact) mass is 290 g/mol. The number of amides is 1. The minimum Gasteiger partial charge on any atom is -0.306 e. The number of nitrogens with zero attached hydrogens (tertiary/aromatic N) is 3. The first-order chi connectivity index (χ1) is 9.99. The maximum atomic E-state index is 12.1. The van der Waals surface area contributed by atoms with Gasteiger partial charge in [0.2, 0.25) is 0 Å². The molecule has 0 aromatic heterocycles. The van der Waals surface area contributed by atoms with Crippen LogP contribution >= 0.6 is 0 Å². The van der Waals surface area contributed by atoms with Crippen molar-refractivity contribution >= 4 is 17.3 Å². The Morgan fingerprint density at radius 2 is 2.05 bits per heavy atom. The maximum Gasteiger partial charge on any atom is 0.273 e. The Hall–Kier alpha value is -2.28. The average Bonchev–Trinajstić information content (AvgIpc) is 2.46. The highest BCUT2D eigenvalue weighted by molar-refractivity contribution is 5.97. The number of piperidine rings is 1. The molecule has 0 unspecified atom stereocenters. The van der Waals surface area contributed by atoms with Crippen LogP contribution in [0.3, 0.4) is 0 Å². The van der Waals surface area contributed by atoms with Crippen LogP contribution in [0.2, 0.25) is 0 Å². The van der Waals surface area contributed by atoms with Crippen LogP contribution < -0.4 is 5.43 Å². The summed E-state index contributed by atoms with van der Waals surface area (Å²) in [6.45, 7) is 3.41. The topological polar surface area (TPSA) is 87.8 Å². The summed E-state index contributed by atoms with van der Waals surface area (Å²) in [5, 5.41) is 15.0. The zero-order valence-corrected chi connectivity index (χ0v) is 12.1. The normalized spacial score (nSPS) is 15.6. The van der Waals surface area contributed by atoms with E-state index in [0.29, 0.717) is 5.56 Å². The SMILES string of the molecule is Cc1c(C(=O)NN=C2CCN(C)CC2)cccc1[N+](=O)[O-]. The molecule has 0 bridgehead atoms. The third-order valence-electron chi connectivity index (χ3n) is 3.63. The van der Waals surface area contributed by atoms with Gasteiger partial charge >= 0.3 is 0 Å². The van der Waals surface area contributed by atoms with Crippen molar-refractivity contribution in [2.75, 3.05) is 20.1 Å². The lowest BCUT2D eigenvalue weighted by molar-refractivity contribution is -0.385. The molecule has 7 nitrogen and oxygen atoms in total. The van der Waals surface area contributed by atoms with Gasteiger partial charge in [-0.25, -0.2) is 5.43 Å². The van der Waals surface area contributed by atoms with Gasteiger partial charge in [-0.2, -0.15) is 5.10 Å². The Morgan fingerprint density at radius 3 is 2.67 bits per heavy atom. The molecule has 2 rings (SSSR count). The zero-order chi connectivity index (χ0) is 15.4. The molecule has 1 aromatic rings. The van der Waals surface area contributed by atoms with E-state index in [1.165, 1.54) is 12.1 Å². The van der Waals surface area contributed by atoms with E-state index in [2.05, 4.69) is 15.4 Å². The summed E-state index contributed by atoms with van der Waals surface area (Å²) >= 11 is 0. The first kappa shape index (κ1) is 15.1. The molecule has 0 saturated carbocycles. The molecule has 1 saturated heterocycles. The van der Waals surface area contributed by atoms with E-state index < -0.39 is 10.8 Å². The van der Waals surface area contributed by atoms with Crippen LogP contribution in [0.4, 0.5) is 5.69 Å². The van der Waals surface area contributed by atoms with Crippen LogP contribution in [0.25, 0.3) is 0 Å². The summed E-state index contributed by atoms with van der Waals surface area (Å²) in [5.74, 6) is -0.414. The third kappa shape index (κ3) is 3.63. The Balaban J connectivity index is 2.09. The van der Waals surface area contributed by atoms with Crippen molar-refractivity contribution in [1.82, 2.24) is 10.3 Å². The van der Waals surface area contributed by atoms with Crippen molar-refractivity contribution in [1.29, 1.82) is 0 Å². The molecule has 1 N–H and O–H groups in total. The Bertz CT molecular complexity index is 588. The number of hydrazone groups is 1. The summed E-state index contributed by atoms with van der Waals surface area (Å²) in [6, 6.07) is 4.45. The highest BCUT2D eigenvalue weighted by Gasteiger charge is 2.18. The molecule has 0 atom stereocenters. The first-order valence-electron chi connectivity index (χ1n) is 6.77. The molecule has 1 aromatic carbocycles. The minimum atomic E-state index is -0.491. The van der Waals surface area contributed by atoms with Gasteiger partial charge in [0.05, 0.1) is 10.5 Å². The Morgan fingerprint density at radius 1 is 1.38 bits per heavy atom. The van der Waals surface area contributed by atoms with Crippen molar-refractivity contribution in [3.63, 3.8) is 0 Å². The fourth-order valence-corrected chi connectivity index (χ4v) is 2.25. The van der Waals surface area contributed by atoms with Crippen molar-refractivity contribution in [3.05, 3.63) is 39.4 Å². The number of hydrogen-bond acceptors (Lipinski definition) is 5. The highest BCUT2D eigenvalue weighted by atomic mass is 16.6. The van der Waals surface area contributed by atoms with Gasteiger partial charge in [0.1, 0.15) is 0 Å². The number of nitro benzene ring substituents is 1. The van der Waals surface area contributed by atoms with Crippen molar-refractivity contribution < 1.29 is 9.72 Å². The molecular formula is C14H18N4O3. The Labute approximate surface area is 122 Å². The van der Waals surface area contributed by atoms with Gasteiger partial charge in [0.15, 0.2) is 0 Å². The first-order valence-corrected chi connectivity index (χ1v) is 6.77. The average molecular weight is 290 g/mol. The van der Waals surface area contributed by atoms with Crippen LogP contribution in [-0.2, 0) is 0 Å². The molecule has 1 aliphatic rings. The molecule has 1 aliphatic heterocycles. The lowest BCUT2D eigenvalue weighted by Gasteiger charge is -2.22. The van der Waals surface area contributed by atoms with Crippen LogP contribution in [-0.4, -0.2) is 41.6 Å². The second kappa shape index (κ2) is 6.45. The number of carbonyl (C=O) groups excluding carboxylic acids is 1. The van der Waals surface area contributed by atoms with Crippen molar-refractivity contribution in [3.8, 4) is 0 Å². The second-order valence-corrected chi connectivity index (χ2v) is 5.13. The van der Waals surface area contributed by atoms with Gasteiger partial charge in [-0.1, -0.05) is 6.07 Å². The lowest BCUT2D eigenvalue weighted by atomic mass is 10.1. The molecular weight excluding hydrogens is 272 g/mol. The van der Waals surface area contributed by atoms with Gasteiger partial charge in [0, 0.05) is 43.3 Å². The van der Waals surface area contributed by atoms with E-state index in [4.69, 9.17) is 0 Å². The van der Waals surface area contributed by atoms with E-state index >= 15 is 0 Å². The third-order valence-corrected chi connectivity index (χ3v) is 3.63. The number of rotatable bonds is 3. The highest BCUT2D eigenvalue weighted by Crippen LogP contribution is 2.20. The number of hydrogen-bond donors (Lipinski definition) is 1. The number of nitro groups is 1. The van der Waals surface area contributed by atoms with Crippen LogP contribution in [0, 0.1) is 17.0 Å². The van der Waals surface area contributed by atoms with E-state index in [1.54, 1.807) is 13.0 Å². The van der Waals surface area contributed by atoms with Gasteiger partial charge in [-0.15, -0.1) is 0 Å². The van der Waals surface area contributed by atoms with Crippen molar-refractivity contribution in [2.24, 2.45) is 5.10 Å². The van der Waals surface area contributed by atoms with E-state index in [1.807, 2.05) is 7.05 Å². The molecule has 7 heteroatoms. The number of carbonyl (C=O) groups is 1. The van der Waals surface area contributed by atoms with Crippen LogP contribution in [0.15, 0.2) is 23.3 Å². The lowest BCUT2D eigenvalue weighted by Crippen LogP contribution is -2.32. The molecule has 1 fully saturated rings. The predicted octanol–water partition coefficient (Wildman–Crippen LogP) is 1.71. The van der Waals surface area contributed by atoms with Crippen molar-refractivity contribution in [2.45, 2.75) is 19.8 Å². The molecule has 1 heterocycles. The summed E-state index contributed by atoms with van der Waals surface area (Å²) < 4.78 is 0. The van der Waals surface area contributed by atoms with Gasteiger partial charge < -0.3 is 4.90 Å². The summed E-state index contributed by atoms with van der Waals surface area (Å²) in [6.07, 6.45) is 1.65. The van der Waals surface area contributed by atoms with Crippen LogP contribution in [0.5, 0.6) is 0 Å².